The first kappa shape index (κ1) is 13.0. The van der Waals surface area contributed by atoms with Gasteiger partial charge < -0.3 is 5.32 Å². The molecule has 96 valence electrons. The number of anilines is 1. The fraction of sp³-hybridized carbons (Fsp3) is 0.308. The Morgan fingerprint density at radius 3 is 2.50 bits per heavy atom. The van der Waals surface area contributed by atoms with E-state index in [2.05, 4.69) is 10.3 Å². The minimum Gasteiger partial charge on any atom is -0.378 e. The van der Waals surface area contributed by atoms with Crippen molar-refractivity contribution < 1.29 is 8.78 Å². The molecule has 18 heavy (non-hydrogen) atoms. The van der Waals surface area contributed by atoms with Crippen molar-refractivity contribution in [2.45, 2.75) is 27.3 Å². The molecule has 0 aliphatic heterocycles. The summed E-state index contributed by atoms with van der Waals surface area (Å²) >= 11 is 1.56. The third-order valence-corrected chi connectivity index (χ3v) is 3.76. The van der Waals surface area contributed by atoms with Gasteiger partial charge in [-0.15, -0.1) is 11.3 Å². The molecule has 0 spiro atoms. The van der Waals surface area contributed by atoms with Crippen LogP contribution < -0.4 is 5.32 Å². The van der Waals surface area contributed by atoms with Crippen LogP contribution in [0.25, 0.3) is 0 Å². The lowest BCUT2D eigenvalue weighted by molar-refractivity contribution is 0.594. The molecule has 0 unspecified atom stereocenters. The second-order valence-electron chi connectivity index (χ2n) is 4.18. The average molecular weight is 268 g/mol. The van der Waals surface area contributed by atoms with Crippen LogP contribution in [0.15, 0.2) is 12.1 Å². The maximum absolute atomic E-state index is 13.6. The topological polar surface area (TPSA) is 24.9 Å². The summed E-state index contributed by atoms with van der Waals surface area (Å²) < 4.78 is 26.9. The van der Waals surface area contributed by atoms with Crippen molar-refractivity contribution in [1.82, 2.24) is 4.98 Å². The third kappa shape index (κ3) is 2.67. The van der Waals surface area contributed by atoms with Gasteiger partial charge in [0.2, 0.25) is 0 Å². The number of thiazole rings is 1. The summed E-state index contributed by atoms with van der Waals surface area (Å²) in [5.41, 5.74) is 1.42. The van der Waals surface area contributed by atoms with E-state index in [0.717, 1.165) is 15.6 Å². The van der Waals surface area contributed by atoms with E-state index in [1.54, 1.807) is 18.3 Å². The second-order valence-corrected chi connectivity index (χ2v) is 5.46. The third-order valence-electron chi connectivity index (χ3n) is 2.69. The van der Waals surface area contributed by atoms with Crippen LogP contribution in [0.3, 0.4) is 0 Å². The normalized spacial score (nSPS) is 10.7. The molecule has 1 heterocycles. The predicted octanol–water partition coefficient (Wildman–Crippen LogP) is 3.96. The molecule has 0 fully saturated rings. The van der Waals surface area contributed by atoms with Gasteiger partial charge in [-0.3, -0.25) is 0 Å². The fourth-order valence-electron chi connectivity index (χ4n) is 1.69. The highest BCUT2D eigenvalue weighted by Gasteiger charge is 2.09. The van der Waals surface area contributed by atoms with Crippen LogP contribution in [0.5, 0.6) is 0 Å². The van der Waals surface area contributed by atoms with Crippen LogP contribution in [-0.2, 0) is 6.54 Å². The predicted molar refractivity (Wildman–Crippen MR) is 70.0 cm³/mol. The Labute approximate surface area is 109 Å². The number of aryl methyl sites for hydroxylation is 3. The highest BCUT2D eigenvalue weighted by atomic mass is 32.1. The van der Waals surface area contributed by atoms with Crippen molar-refractivity contribution in [1.29, 1.82) is 0 Å². The molecule has 2 rings (SSSR count). The Morgan fingerprint density at radius 2 is 1.89 bits per heavy atom. The molecule has 0 radical (unpaired) electrons. The minimum atomic E-state index is -0.437. The monoisotopic (exact) mass is 268 g/mol. The number of halogens is 2. The van der Waals surface area contributed by atoms with Gasteiger partial charge in [-0.1, -0.05) is 0 Å². The van der Waals surface area contributed by atoms with E-state index in [1.807, 2.05) is 13.8 Å². The molecule has 5 heteroatoms. The number of aromatic nitrogens is 1. The van der Waals surface area contributed by atoms with E-state index >= 15 is 0 Å². The van der Waals surface area contributed by atoms with E-state index < -0.39 is 11.6 Å². The maximum atomic E-state index is 13.6. The van der Waals surface area contributed by atoms with Gasteiger partial charge in [0.25, 0.3) is 0 Å². The van der Waals surface area contributed by atoms with Crippen LogP contribution in [-0.4, -0.2) is 4.98 Å². The van der Waals surface area contributed by atoms with Gasteiger partial charge in [-0.2, -0.15) is 0 Å². The molecule has 0 amide bonds. The van der Waals surface area contributed by atoms with Crippen molar-refractivity contribution in [3.05, 3.63) is 44.9 Å². The molecule has 1 aromatic heterocycles. The molecule has 0 atom stereocenters. The maximum Gasteiger partial charge on any atom is 0.146 e. The Kier molecular flexibility index (Phi) is 3.61. The molecule has 2 nitrogen and oxygen atoms in total. The van der Waals surface area contributed by atoms with Crippen molar-refractivity contribution in [3.8, 4) is 0 Å². The SMILES string of the molecule is Cc1nc(C)c(CNc2cc(F)c(C)cc2F)s1. The van der Waals surface area contributed by atoms with Gasteiger partial charge in [-0.25, -0.2) is 13.8 Å². The van der Waals surface area contributed by atoms with Crippen LogP contribution in [0, 0.1) is 32.4 Å². The number of hydrogen-bond donors (Lipinski definition) is 1. The van der Waals surface area contributed by atoms with Gasteiger partial charge >= 0.3 is 0 Å². The number of nitrogens with zero attached hydrogens (tertiary/aromatic N) is 1. The van der Waals surface area contributed by atoms with Crippen LogP contribution in [0.2, 0.25) is 0 Å². The number of hydrogen-bond acceptors (Lipinski definition) is 3. The number of nitrogens with one attached hydrogen (secondary N) is 1. The Morgan fingerprint density at radius 1 is 1.17 bits per heavy atom. The number of benzene rings is 1. The summed E-state index contributed by atoms with van der Waals surface area (Å²) in [6.45, 7) is 5.83. The zero-order valence-electron chi connectivity index (χ0n) is 10.5. The van der Waals surface area contributed by atoms with E-state index in [9.17, 15) is 8.78 Å². The zero-order chi connectivity index (χ0) is 13.3. The molecular formula is C13H14F2N2S. The van der Waals surface area contributed by atoms with Crippen LogP contribution >= 0.6 is 11.3 Å². The van der Waals surface area contributed by atoms with E-state index in [4.69, 9.17) is 0 Å². The van der Waals surface area contributed by atoms with Crippen molar-refractivity contribution in [2.75, 3.05) is 5.32 Å². The van der Waals surface area contributed by atoms with Gasteiger partial charge in [0.05, 0.1) is 22.9 Å². The highest BCUT2D eigenvalue weighted by molar-refractivity contribution is 7.11. The zero-order valence-corrected chi connectivity index (χ0v) is 11.3. The van der Waals surface area contributed by atoms with E-state index in [-0.39, 0.29) is 5.69 Å². The van der Waals surface area contributed by atoms with Crippen molar-refractivity contribution >= 4 is 17.0 Å². The van der Waals surface area contributed by atoms with Crippen molar-refractivity contribution in [2.24, 2.45) is 0 Å². The summed E-state index contributed by atoms with van der Waals surface area (Å²) in [4.78, 5) is 5.32. The van der Waals surface area contributed by atoms with Crippen LogP contribution in [0.1, 0.15) is 21.1 Å². The van der Waals surface area contributed by atoms with Gasteiger partial charge in [0.15, 0.2) is 0 Å². The lowest BCUT2D eigenvalue weighted by Crippen LogP contribution is -2.02. The minimum absolute atomic E-state index is 0.184. The van der Waals surface area contributed by atoms with Gasteiger partial charge in [-0.05, 0) is 32.4 Å². The molecule has 1 aromatic carbocycles. The Balaban J connectivity index is 2.15. The molecule has 0 aliphatic carbocycles. The quantitative estimate of drug-likeness (QED) is 0.911. The Hall–Kier alpha value is -1.49. The first-order valence-electron chi connectivity index (χ1n) is 5.60. The molecular weight excluding hydrogens is 254 g/mol. The summed E-state index contributed by atoms with van der Waals surface area (Å²) in [5, 5.41) is 3.88. The molecule has 2 aromatic rings. The summed E-state index contributed by atoms with van der Waals surface area (Å²) in [6.07, 6.45) is 0. The number of rotatable bonds is 3. The lowest BCUT2D eigenvalue weighted by atomic mass is 10.2. The van der Waals surface area contributed by atoms with Gasteiger partial charge in [0.1, 0.15) is 11.6 Å². The highest BCUT2D eigenvalue weighted by Crippen LogP contribution is 2.22. The van der Waals surface area contributed by atoms with E-state index in [0.29, 0.717) is 12.1 Å². The molecule has 0 bridgehead atoms. The van der Waals surface area contributed by atoms with Crippen LogP contribution in [0.4, 0.5) is 14.5 Å². The molecule has 0 saturated heterocycles. The Bertz CT molecular complexity index is 579. The molecule has 1 N–H and O–H groups in total. The standard InChI is InChI=1S/C13H14F2N2S/c1-7-4-11(15)12(5-10(7)14)16-6-13-8(2)17-9(3)18-13/h4-5,16H,6H2,1-3H3. The summed E-state index contributed by atoms with van der Waals surface area (Å²) in [6, 6.07) is 2.39. The van der Waals surface area contributed by atoms with Crippen molar-refractivity contribution in [3.63, 3.8) is 0 Å². The molecule has 0 saturated carbocycles. The largest absolute Gasteiger partial charge is 0.378 e. The lowest BCUT2D eigenvalue weighted by Gasteiger charge is -2.08. The molecule has 0 aliphatic rings. The van der Waals surface area contributed by atoms with Gasteiger partial charge in [0, 0.05) is 10.9 Å². The van der Waals surface area contributed by atoms with E-state index in [1.165, 1.54) is 12.1 Å². The summed E-state index contributed by atoms with van der Waals surface area (Å²) in [5.74, 6) is -0.844. The average Bonchev–Trinajstić information content (AvgIpc) is 2.61. The summed E-state index contributed by atoms with van der Waals surface area (Å²) in [7, 11) is 0. The fourth-order valence-corrected chi connectivity index (χ4v) is 2.57. The smallest absolute Gasteiger partial charge is 0.146 e. The first-order valence-corrected chi connectivity index (χ1v) is 6.41. The first-order chi connectivity index (χ1) is 8.47. The second kappa shape index (κ2) is 5.02.